The van der Waals surface area contributed by atoms with E-state index in [1.165, 1.54) is 16.7 Å². The molecule has 0 saturated carbocycles. The first-order valence-corrected chi connectivity index (χ1v) is 8.66. The van der Waals surface area contributed by atoms with E-state index in [2.05, 4.69) is 29.6 Å². The van der Waals surface area contributed by atoms with Crippen LogP contribution in [0.1, 0.15) is 36.6 Å². The van der Waals surface area contributed by atoms with Crippen molar-refractivity contribution in [2.45, 2.75) is 26.3 Å². The normalized spacial score (nSPS) is 16.4. The smallest absolute Gasteiger partial charge is 0.161 e. The SMILES string of the molecule is CCOc1cc2c(cc1OCC)[C@H](c1cccc(OC)c1)[NH2+]CC2. The number of rotatable bonds is 6. The van der Waals surface area contributed by atoms with E-state index >= 15 is 0 Å². The van der Waals surface area contributed by atoms with Crippen LogP contribution in [0.4, 0.5) is 0 Å². The number of hydrogen-bond acceptors (Lipinski definition) is 3. The van der Waals surface area contributed by atoms with Crippen molar-refractivity contribution in [1.82, 2.24) is 0 Å². The Morgan fingerprint density at radius 3 is 2.50 bits per heavy atom. The lowest BCUT2D eigenvalue weighted by Crippen LogP contribution is -2.87. The van der Waals surface area contributed by atoms with E-state index in [-0.39, 0.29) is 6.04 Å². The molecule has 2 N–H and O–H groups in total. The highest BCUT2D eigenvalue weighted by Crippen LogP contribution is 2.36. The molecule has 4 heteroatoms. The van der Waals surface area contributed by atoms with Crippen molar-refractivity contribution in [2.75, 3.05) is 26.9 Å². The first-order chi connectivity index (χ1) is 11.8. The summed E-state index contributed by atoms with van der Waals surface area (Å²) >= 11 is 0. The summed E-state index contributed by atoms with van der Waals surface area (Å²) in [5.41, 5.74) is 3.90. The third-order valence-electron chi connectivity index (χ3n) is 4.41. The molecular weight excluding hydrogens is 302 g/mol. The fraction of sp³-hybridized carbons (Fsp3) is 0.400. The van der Waals surface area contributed by atoms with Crippen molar-refractivity contribution in [3.8, 4) is 17.2 Å². The summed E-state index contributed by atoms with van der Waals surface area (Å²) in [4.78, 5) is 0. The zero-order chi connectivity index (χ0) is 16.9. The number of fused-ring (bicyclic) bond motifs is 1. The van der Waals surface area contributed by atoms with Gasteiger partial charge in [-0.2, -0.15) is 0 Å². The summed E-state index contributed by atoms with van der Waals surface area (Å²) in [5, 5.41) is 2.38. The Morgan fingerprint density at radius 1 is 1.04 bits per heavy atom. The molecule has 1 aliphatic heterocycles. The second kappa shape index (κ2) is 7.58. The van der Waals surface area contributed by atoms with E-state index in [1.54, 1.807) is 7.11 Å². The lowest BCUT2D eigenvalue weighted by molar-refractivity contribution is -0.690. The van der Waals surface area contributed by atoms with Gasteiger partial charge < -0.3 is 19.5 Å². The largest absolute Gasteiger partial charge is 0.497 e. The second-order valence-corrected chi connectivity index (χ2v) is 5.89. The molecular formula is C20H26NO3+. The van der Waals surface area contributed by atoms with Gasteiger partial charge in [0.2, 0.25) is 0 Å². The lowest BCUT2D eigenvalue weighted by Gasteiger charge is -2.26. The van der Waals surface area contributed by atoms with Crippen molar-refractivity contribution >= 4 is 0 Å². The van der Waals surface area contributed by atoms with Crippen LogP contribution in [0, 0.1) is 0 Å². The van der Waals surface area contributed by atoms with Crippen molar-refractivity contribution in [1.29, 1.82) is 0 Å². The molecule has 1 aliphatic rings. The van der Waals surface area contributed by atoms with Gasteiger partial charge in [-0.05, 0) is 43.7 Å². The number of hydrogen-bond donors (Lipinski definition) is 1. The van der Waals surface area contributed by atoms with E-state index in [4.69, 9.17) is 14.2 Å². The summed E-state index contributed by atoms with van der Waals surface area (Å²) in [6.07, 6.45) is 1.04. The molecule has 3 rings (SSSR count). The second-order valence-electron chi connectivity index (χ2n) is 5.89. The van der Waals surface area contributed by atoms with Gasteiger partial charge >= 0.3 is 0 Å². The first kappa shape index (κ1) is 16.7. The first-order valence-electron chi connectivity index (χ1n) is 8.66. The molecule has 0 spiro atoms. The monoisotopic (exact) mass is 328 g/mol. The molecule has 0 saturated heterocycles. The number of benzene rings is 2. The van der Waals surface area contributed by atoms with Gasteiger partial charge in [0.1, 0.15) is 11.8 Å². The molecule has 0 amide bonds. The van der Waals surface area contributed by atoms with Crippen LogP contribution in [0.25, 0.3) is 0 Å². The molecule has 0 radical (unpaired) electrons. The Morgan fingerprint density at radius 2 is 1.79 bits per heavy atom. The third-order valence-corrected chi connectivity index (χ3v) is 4.41. The molecule has 0 aliphatic carbocycles. The zero-order valence-corrected chi connectivity index (χ0v) is 14.7. The highest BCUT2D eigenvalue weighted by Gasteiger charge is 2.27. The van der Waals surface area contributed by atoms with Gasteiger partial charge in [-0.15, -0.1) is 0 Å². The Balaban J connectivity index is 2.03. The topological polar surface area (TPSA) is 44.3 Å². The van der Waals surface area contributed by atoms with Crippen molar-refractivity contribution in [3.05, 3.63) is 53.1 Å². The minimum absolute atomic E-state index is 0.263. The maximum Gasteiger partial charge on any atom is 0.161 e. The van der Waals surface area contributed by atoms with Gasteiger partial charge in [0.05, 0.1) is 26.9 Å². The Bertz CT molecular complexity index is 699. The molecule has 128 valence electrons. The maximum absolute atomic E-state index is 5.82. The third kappa shape index (κ3) is 3.34. The molecule has 1 atom stereocenters. The molecule has 0 fully saturated rings. The van der Waals surface area contributed by atoms with Crippen LogP contribution in [-0.2, 0) is 6.42 Å². The minimum Gasteiger partial charge on any atom is -0.497 e. The highest BCUT2D eigenvalue weighted by atomic mass is 16.5. The van der Waals surface area contributed by atoms with Crippen LogP contribution in [0.15, 0.2) is 36.4 Å². The number of ether oxygens (including phenoxy) is 3. The molecule has 0 unspecified atom stereocenters. The van der Waals surface area contributed by atoms with E-state index in [1.807, 2.05) is 26.0 Å². The standard InChI is InChI=1S/C20H25NO3/c1-4-23-18-12-14-9-10-21-20(17(14)13-19(18)24-5-2)15-7-6-8-16(11-15)22-3/h6-8,11-13,20-21H,4-5,9-10H2,1-3H3/p+1/t20-/m0/s1. The molecule has 2 aromatic carbocycles. The molecule has 0 bridgehead atoms. The van der Waals surface area contributed by atoms with E-state index in [0.717, 1.165) is 30.2 Å². The van der Waals surface area contributed by atoms with E-state index in [0.29, 0.717) is 13.2 Å². The summed E-state index contributed by atoms with van der Waals surface area (Å²) in [5.74, 6) is 2.58. The van der Waals surface area contributed by atoms with Crippen LogP contribution in [0.5, 0.6) is 17.2 Å². The molecule has 2 aromatic rings. The minimum atomic E-state index is 0.263. The summed E-state index contributed by atoms with van der Waals surface area (Å²) in [6, 6.07) is 12.9. The predicted molar refractivity (Wildman–Crippen MR) is 94.1 cm³/mol. The average Bonchev–Trinajstić information content (AvgIpc) is 2.62. The number of methoxy groups -OCH3 is 1. The number of quaternary nitrogens is 1. The van der Waals surface area contributed by atoms with Crippen LogP contribution in [0.2, 0.25) is 0 Å². The van der Waals surface area contributed by atoms with Crippen molar-refractivity contribution in [3.63, 3.8) is 0 Å². The van der Waals surface area contributed by atoms with Gasteiger partial charge in [0, 0.05) is 17.5 Å². The van der Waals surface area contributed by atoms with Gasteiger partial charge in [0.15, 0.2) is 11.5 Å². The fourth-order valence-electron chi connectivity index (χ4n) is 3.34. The van der Waals surface area contributed by atoms with Crippen LogP contribution < -0.4 is 19.5 Å². The van der Waals surface area contributed by atoms with Gasteiger partial charge in [-0.25, -0.2) is 0 Å². The average molecular weight is 328 g/mol. The fourth-order valence-corrected chi connectivity index (χ4v) is 3.34. The van der Waals surface area contributed by atoms with Gasteiger partial charge in [-0.1, -0.05) is 12.1 Å². The Kier molecular flexibility index (Phi) is 5.26. The molecule has 1 heterocycles. The summed E-state index contributed by atoms with van der Waals surface area (Å²) in [7, 11) is 1.71. The van der Waals surface area contributed by atoms with E-state index < -0.39 is 0 Å². The van der Waals surface area contributed by atoms with E-state index in [9.17, 15) is 0 Å². The predicted octanol–water partition coefficient (Wildman–Crippen LogP) is 2.70. The van der Waals surface area contributed by atoms with Crippen molar-refractivity contribution < 1.29 is 19.5 Å². The van der Waals surface area contributed by atoms with Crippen LogP contribution >= 0.6 is 0 Å². The van der Waals surface area contributed by atoms with Crippen LogP contribution in [-0.4, -0.2) is 26.9 Å². The summed E-state index contributed by atoms with van der Waals surface area (Å²) < 4.78 is 17.0. The van der Waals surface area contributed by atoms with Crippen molar-refractivity contribution in [2.24, 2.45) is 0 Å². The van der Waals surface area contributed by atoms with Gasteiger partial charge in [0.25, 0.3) is 0 Å². The maximum atomic E-state index is 5.82. The molecule has 24 heavy (non-hydrogen) atoms. The molecule has 0 aromatic heterocycles. The molecule has 4 nitrogen and oxygen atoms in total. The van der Waals surface area contributed by atoms with Crippen LogP contribution in [0.3, 0.4) is 0 Å². The van der Waals surface area contributed by atoms with Gasteiger partial charge in [-0.3, -0.25) is 0 Å². The number of nitrogens with two attached hydrogens (primary N) is 1. The Labute approximate surface area is 143 Å². The zero-order valence-electron chi connectivity index (χ0n) is 14.7. The summed E-state index contributed by atoms with van der Waals surface area (Å²) in [6.45, 7) is 6.34. The quantitative estimate of drug-likeness (QED) is 0.887. The lowest BCUT2D eigenvalue weighted by atomic mass is 9.89. The highest BCUT2D eigenvalue weighted by molar-refractivity contribution is 5.51. The Hall–Kier alpha value is -2.20.